The number of nitrogens with one attached hydrogen (secondary N) is 1. The van der Waals surface area contributed by atoms with E-state index in [1.54, 1.807) is 12.1 Å². The fourth-order valence-corrected chi connectivity index (χ4v) is 4.99. The minimum Gasteiger partial charge on any atom is -0.494 e. The van der Waals surface area contributed by atoms with Gasteiger partial charge in [0.1, 0.15) is 11.6 Å². The molecule has 2 aliphatic heterocycles. The summed E-state index contributed by atoms with van der Waals surface area (Å²) in [6.07, 6.45) is 4.79. The SMILES string of the molecule is C[C@@H]1CCCN(CCCOc2ccc(NC(=O)C3(c4ccc(F)cc4)CCOCC3)cc2)C1. The Hall–Kier alpha value is -2.44. The molecule has 2 heterocycles. The molecule has 0 saturated carbocycles. The Balaban J connectivity index is 1.31. The van der Waals surface area contributed by atoms with Crippen molar-refractivity contribution in [3.63, 3.8) is 0 Å². The molecular formula is C27H35FN2O3. The average Bonchev–Trinajstić information content (AvgIpc) is 2.84. The molecule has 2 fully saturated rings. The summed E-state index contributed by atoms with van der Waals surface area (Å²) in [5.74, 6) is 1.22. The molecule has 0 spiro atoms. The highest BCUT2D eigenvalue weighted by atomic mass is 19.1. The first kappa shape index (κ1) is 23.7. The van der Waals surface area contributed by atoms with Crippen LogP contribution in [0.2, 0.25) is 0 Å². The number of anilines is 1. The van der Waals surface area contributed by atoms with Gasteiger partial charge in [0.05, 0.1) is 12.0 Å². The fourth-order valence-electron chi connectivity index (χ4n) is 4.99. The quantitative estimate of drug-likeness (QED) is 0.570. The number of nitrogens with zero attached hydrogens (tertiary/aromatic N) is 1. The van der Waals surface area contributed by atoms with Crippen LogP contribution in [0.4, 0.5) is 10.1 Å². The molecule has 1 N–H and O–H groups in total. The van der Waals surface area contributed by atoms with E-state index >= 15 is 0 Å². The van der Waals surface area contributed by atoms with Gasteiger partial charge in [-0.2, -0.15) is 0 Å². The van der Waals surface area contributed by atoms with Crippen LogP contribution in [0.3, 0.4) is 0 Å². The molecule has 0 aromatic heterocycles. The monoisotopic (exact) mass is 454 g/mol. The molecule has 0 bridgehead atoms. The van der Waals surface area contributed by atoms with Gasteiger partial charge < -0.3 is 19.7 Å². The Morgan fingerprint density at radius 1 is 1.15 bits per heavy atom. The molecule has 2 aromatic carbocycles. The van der Waals surface area contributed by atoms with Gasteiger partial charge in [-0.15, -0.1) is 0 Å². The van der Waals surface area contributed by atoms with Gasteiger partial charge in [-0.05, 0) is 86.5 Å². The van der Waals surface area contributed by atoms with Gasteiger partial charge in [0.2, 0.25) is 5.91 Å². The molecule has 0 unspecified atom stereocenters. The van der Waals surface area contributed by atoms with Crippen molar-refractivity contribution in [1.29, 1.82) is 0 Å². The van der Waals surface area contributed by atoms with E-state index in [9.17, 15) is 9.18 Å². The molecule has 2 saturated heterocycles. The maximum atomic E-state index is 13.4. The van der Waals surface area contributed by atoms with Crippen LogP contribution in [0.15, 0.2) is 48.5 Å². The normalized spacial score (nSPS) is 20.8. The van der Waals surface area contributed by atoms with Crippen molar-refractivity contribution in [3.8, 4) is 5.75 Å². The summed E-state index contributed by atoms with van der Waals surface area (Å²) in [6, 6.07) is 13.8. The number of benzene rings is 2. The van der Waals surface area contributed by atoms with Crippen LogP contribution in [0.1, 0.15) is 44.6 Å². The molecule has 1 amide bonds. The van der Waals surface area contributed by atoms with Crippen molar-refractivity contribution in [3.05, 3.63) is 59.9 Å². The van der Waals surface area contributed by atoms with E-state index in [2.05, 4.69) is 17.1 Å². The second-order valence-corrected chi connectivity index (χ2v) is 9.43. The van der Waals surface area contributed by atoms with Crippen LogP contribution in [0.5, 0.6) is 5.75 Å². The largest absolute Gasteiger partial charge is 0.494 e. The highest BCUT2D eigenvalue weighted by molar-refractivity contribution is 5.99. The predicted molar refractivity (Wildman–Crippen MR) is 128 cm³/mol. The fraction of sp³-hybridized carbons (Fsp3) is 0.519. The Morgan fingerprint density at radius 3 is 2.58 bits per heavy atom. The van der Waals surface area contributed by atoms with Gasteiger partial charge >= 0.3 is 0 Å². The summed E-state index contributed by atoms with van der Waals surface area (Å²) < 4.78 is 24.9. The highest BCUT2D eigenvalue weighted by Crippen LogP contribution is 2.36. The number of carbonyl (C=O) groups excluding carboxylic acids is 1. The van der Waals surface area contributed by atoms with Crippen molar-refractivity contribution >= 4 is 11.6 Å². The van der Waals surface area contributed by atoms with Crippen LogP contribution in [-0.2, 0) is 14.9 Å². The van der Waals surface area contributed by atoms with Crippen LogP contribution >= 0.6 is 0 Å². The third kappa shape index (κ3) is 6.12. The standard InChI is InChI=1S/C27H35FN2O3/c1-21-4-2-15-30(20-21)16-3-17-33-25-11-9-24(10-12-25)29-26(31)27(13-18-32-19-14-27)22-5-7-23(28)8-6-22/h5-12,21H,2-4,13-20H2,1H3,(H,29,31)/t21-/m1/s1. The van der Waals surface area contributed by atoms with Gasteiger partial charge in [-0.1, -0.05) is 19.1 Å². The molecule has 0 radical (unpaired) electrons. The second-order valence-electron chi connectivity index (χ2n) is 9.43. The van der Waals surface area contributed by atoms with Gasteiger partial charge in [-0.3, -0.25) is 4.79 Å². The minimum atomic E-state index is -0.715. The molecule has 2 aromatic rings. The summed E-state index contributed by atoms with van der Waals surface area (Å²) in [6.45, 7) is 7.50. The van der Waals surface area contributed by atoms with Gasteiger partial charge in [0.25, 0.3) is 0 Å². The Bertz CT molecular complexity index is 895. The summed E-state index contributed by atoms with van der Waals surface area (Å²) in [4.78, 5) is 15.9. The zero-order valence-electron chi connectivity index (χ0n) is 19.5. The third-order valence-electron chi connectivity index (χ3n) is 6.92. The zero-order valence-corrected chi connectivity index (χ0v) is 19.5. The summed E-state index contributed by atoms with van der Waals surface area (Å²) in [5, 5.41) is 3.06. The molecule has 0 aliphatic carbocycles. The maximum absolute atomic E-state index is 13.4. The topological polar surface area (TPSA) is 50.8 Å². The molecule has 178 valence electrons. The van der Waals surface area contributed by atoms with E-state index < -0.39 is 5.41 Å². The molecule has 6 heteroatoms. The zero-order chi connectivity index (χ0) is 23.1. The number of carbonyl (C=O) groups is 1. The molecule has 33 heavy (non-hydrogen) atoms. The number of hydrogen-bond donors (Lipinski definition) is 1. The van der Waals surface area contributed by atoms with Crippen molar-refractivity contribution in [2.45, 2.75) is 44.4 Å². The van der Waals surface area contributed by atoms with E-state index in [0.717, 1.165) is 35.9 Å². The Labute approximate surface area is 196 Å². The highest BCUT2D eigenvalue weighted by Gasteiger charge is 2.41. The summed E-state index contributed by atoms with van der Waals surface area (Å²) in [7, 11) is 0. The van der Waals surface area contributed by atoms with E-state index in [1.165, 1.54) is 38.1 Å². The average molecular weight is 455 g/mol. The number of rotatable bonds is 8. The lowest BCUT2D eigenvalue weighted by atomic mass is 9.73. The first-order valence-electron chi connectivity index (χ1n) is 12.2. The Kier molecular flexibility index (Phi) is 7.99. The third-order valence-corrected chi connectivity index (χ3v) is 6.92. The van der Waals surface area contributed by atoms with E-state index in [4.69, 9.17) is 9.47 Å². The minimum absolute atomic E-state index is 0.0816. The molecule has 1 atom stereocenters. The Morgan fingerprint density at radius 2 is 1.88 bits per heavy atom. The number of amides is 1. The lowest BCUT2D eigenvalue weighted by Gasteiger charge is -2.36. The van der Waals surface area contributed by atoms with E-state index in [1.807, 2.05) is 24.3 Å². The molecule has 2 aliphatic rings. The van der Waals surface area contributed by atoms with E-state index in [-0.39, 0.29) is 11.7 Å². The van der Waals surface area contributed by atoms with Crippen LogP contribution in [0, 0.1) is 11.7 Å². The first-order valence-corrected chi connectivity index (χ1v) is 12.2. The summed E-state index contributed by atoms with van der Waals surface area (Å²) >= 11 is 0. The van der Waals surface area contributed by atoms with Gasteiger partial charge in [0.15, 0.2) is 0 Å². The lowest BCUT2D eigenvalue weighted by molar-refractivity contribution is -0.125. The van der Waals surface area contributed by atoms with Gasteiger partial charge in [-0.25, -0.2) is 4.39 Å². The van der Waals surface area contributed by atoms with Crippen LogP contribution < -0.4 is 10.1 Å². The molecule has 4 rings (SSSR count). The van der Waals surface area contributed by atoms with E-state index in [0.29, 0.717) is 32.7 Å². The number of hydrogen-bond acceptors (Lipinski definition) is 4. The van der Waals surface area contributed by atoms with Crippen LogP contribution in [-0.4, -0.2) is 50.3 Å². The summed E-state index contributed by atoms with van der Waals surface area (Å²) in [5.41, 5.74) is 0.836. The second kappa shape index (κ2) is 11.1. The van der Waals surface area contributed by atoms with Crippen molar-refractivity contribution in [1.82, 2.24) is 4.90 Å². The first-order chi connectivity index (χ1) is 16.0. The number of ether oxygens (including phenoxy) is 2. The maximum Gasteiger partial charge on any atom is 0.235 e. The van der Waals surface area contributed by atoms with Crippen LogP contribution in [0.25, 0.3) is 0 Å². The number of piperidine rings is 1. The lowest BCUT2D eigenvalue weighted by Crippen LogP contribution is -2.44. The smallest absolute Gasteiger partial charge is 0.235 e. The predicted octanol–water partition coefficient (Wildman–Crippen LogP) is 5.01. The van der Waals surface area contributed by atoms with Crippen molar-refractivity contribution < 1.29 is 18.7 Å². The van der Waals surface area contributed by atoms with Crippen molar-refractivity contribution in [2.24, 2.45) is 5.92 Å². The molecular weight excluding hydrogens is 419 g/mol. The number of likely N-dealkylation sites (tertiary alicyclic amines) is 1. The number of halogens is 1. The van der Waals surface area contributed by atoms with Crippen molar-refractivity contribution in [2.75, 3.05) is 44.8 Å². The molecule has 5 nitrogen and oxygen atoms in total. The van der Waals surface area contributed by atoms with Gasteiger partial charge in [0, 0.05) is 32.0 Å².